The zero-order chi connectivity index (χ0) is 24.2. The Balaban J connectivity index is 1.79. The monoisotopic (exact) mass is 452 g/mol. The lowest BCUT2D eigenvalue weighted by Crippen LogP contribution is -2.49. The largest absolute Gasteiger partial charge is 0.465 e. The van der Waals surface area contributed by atoms with Crippen LogP contribution in [0, 0.1) is 6.92 Å². The van der Waals surface area contributed by atoms with Gasteiger partial charge in [0.05, 0.1) is 18.2 Å². The van der Waals surface area contributed by atoms with Gasteiger partial charge in [-0.05, 0) is 77.3 Å². The van der Waals surface area contributed by atoms with Gasteiger partial charge < -0.3 is 14.8 Å². The number of hydrogen-bond acceptors (Lipinski definition) is 6. The number of benzene rings is 2. The van der Waals surface area contributed by atoms with E-state index in [1.807, 2.05) is 52.0 Å². The summed E-state index contributed by atoms with van der Waals surface area (Å²) in [6.45, 7) is 7.55. The second kappa shape index (κ2) is 10.1. The number of aryl methyl sites for hydroxylation is 1. The molecule has 0 spiro atoms. The van der Waals surface area contributed by atoms with E-state index in [9.17, 15) is 14.4 Å². The number of carbonyl (C=O) groups is 3. The molecule has 0 aliphatic carbocycles. The van der Waals surface area contributed by atoms with Crippen molar-refractivity contribution in [1.82, 2.24) is 0 Å². The van der Waals surface area contributed by atoms with Crippen molar-refractivity contribution < 1.29 is 23.9 Å². The number of unbranched alkanes of at least 4 members (excludes halogenated alkanes) is 1. The van der Waals surface area contributed by atoms with Crippen LogP contribution in [-0.4, -0.2) is 36.7 Å². The highest BCUT2D eigenvalue weighted by atomic mass is 16.6. The van der Waals surface area contributed by atoms with Gasteiger partial charge in [-0.1, -0.05) is 17.7 Å². The van der Waals surface area contributed by atoms with Gasteiger partial charge in [-0.25, -0.2) is 4.79 Å². The summed E-state index contributed by atoms with van der Waals surface area (Å²) in [6.07, 6.45) is 2.01. The van der Waals surface area contributed by atoms with Crippen molar-refractivity contribution in [2.75, 3.05) is 17.3 Å². The molecule has 0 bridgehead atoms. The fourth-order valence-corrected chi connectivity index (χ4v) is 3.81. The molecular weight excluding hydrogens is 420 g/mol. The molecule has 1 aliphatic rings. The number of hydrogen-bond donors (Lipinski definition) is 1. The normalized spacial score (nSPS) is 15.5. The van der Waals surface area contributed by atoms with Gasteiger partial charge in [0, 0.05) is 17.8 Å². The van der Waals surface area contributed by atoms with E-state index in [2.05, 4.69) is 5.32 Å². The van der Waals surface area contributed by atoms with Crippen LogP contribution < -0.4 is 10.2 Å². The van der Waals surface area contributed by atoms with Crippen LogP contribution in [0.25, 0.3) is 0 Å². The lowest BCUT2D eigenvalue weighted by atomic mass is 10.0. The van der Waals surface area contributed by atoms with E-state index in [0.29, 0.717) is 36.1 Å². The highest BCUT2D eigenvalue weighted by Gasteiger charge is 2.33. The minimum atomic E-state index is -0.502. The predicted molar refractivity (Wildman–Crippen MR) is 127 cm³/mol. The molecule has 0 fully saturated rings. The van der Waals surface area contributed by atoms with Crippen LogP contribution in [0.1, 0.15) is 72.7 Å². The Morgan fingerprint density at radius 2 is 1.76 bits per heavy atom. The fourth-order valence-electron chi connectivity index (χ4n) is 3.81. The van der Waals surface area contributed by atoms with E-state index in [1.165, 1.54) is 7.11 Å². The van der Waals surface area contributed by atoms with Gasteiger partial charge in [0.2, 0.25) is 0 Å². The van der Waals surface area contributed by atoms with E-state index >= 15 is 0 Å². The maximum atomic E-state index is 13.5. The van der Waals surface area contributed by atoms with Crippen LogP contribution in [0.3, 0.4) is 0 Å². The molecule has 0 saturated heterocycles. The van der Waals surface area contributed by atoms with Crippen LogP contribution in [0.15, 0.2) is 42.5 Å². The highest BCUT2D eigenvalue weighted by molar-refractivity contribution is 6.12. The molecule has 7 heteroatoms. The molecule has 1 N–H and O–H groups in total. The Labute approximate surface area is 195 Å². The molecule has 1 amide bonds. The maximum Gasteiger partial charge on any atom is 0.337 e. The lowest BCUT2D eigenvalue weighted by molar-refractivity contribution is -0.154. The number of carbonyl (C=O) groups excluding carboxylic acids is 3. The zero-order valence-electron chi connectivity index (χ0n) is 19.9. The summed E-state index contributed by atoms with van der Waals surface area (Å²) in [4.78, 5) is 39.2. The molecule has 1 aliphatic heterocycles. The summed E-state index contributed by atoms with van der Waals surface area (Å²) in [6, 6.07) is 12.7. The number of methoxy groups -OCH3 is 1. The van der Waals surface area contributed by atoms with Crippen molar-refractivity contribution in [3.63, 3.8) is 0 Å². The Bertz CT molecular complexity index is 1020. The number of nitrogens with one attached hydrogen (secondary N) is 1. The van der Waals surface area contributed by atoms with Crippen molar-refractivity contribution in [3.05, 3.63) is 59.2 Å². The number of nitrogens with zero attached hydrogens (tertiary/aromatic N) is 1. The molecule has 0 aromatic heterocycles. The van der Waals surface area contributed by atoms with Gasteiger partial charge in [0.15, 0.2) is 0 Å². The molecular formula is C26H32N2O5. The molecule has 176 valence electrons. The summed E-state index contributed by atoms with van der Waals surface area (Å²) in [5, 5.41) is 3.42. The minimum absolute atomic E-state index is 0.138. The van der Waals surface area contributed by atoms with E-state index in [0.717, 1.165) is 17.7 Å². The number of rotatable bonds is 7. The van der Waals surface area contributed by atoms with Crippen LogP contribution in [0.5, 0.6) is 0 Å². The molecule has 2 aromatic rings. The Hall–Kier alpha value is -3.35. The molecule has 33 heavy (non-hydrogen) atoms. The zero-order valence-corrected chi connectivity index (χ0v) is 19.9. The average Bonchev–Trinajstić information content (AvgIpc) is 2.75. The number of ether oxygens (including phenoxy) is 2. The molecule has 3 rings (SSSR count). The number of anilines is 2. The number of esters is 2. The molecule has 1 heterocycles. The quantitative estimate of drug-likeness (QED) is 0.466. The summed E-state index contributed by atoms with van der Waals surface area (Å²) in [5.41, 5.74) is 2.87. The second-order valence-electron chi connectivity index (χ2n) is 9.26. The first-order valence-corrected chi connectivity index (χ1v) is 11.2. The first-order valence-electron chi connectivity index (χ1n) is 11.2. The SMILES string of the molecule is COC(=O)c1ccc2c(c1)NC(CCCCC(=O)OC(C)(C)C)N(c1ccc(C)cc1)C2=O. The third kappa shape index (κ3) is 6.12. The summed E-state index contributed by atoms with van der Waals surface area (Å²) < 4.78 is 10.2. The van der Waals surface area contributed by atoms with E-state index in [1.54, 1.807) is 23.1 Å². The number of amides is 1. The molecule has 7 nitrogen and oxygen atoms in total. The van der Waals surface area contributed by atoms with Crippen LogP contribution in [0.4, 0.5) is 11.4 Å². The van der Waals surface area contributed by atoms with Gasteiger partial charge in [0.1, 0.15) is 11.8 Å². The molecule has 2 aromatic carbocycles. The van der Waals surface area contributed by atoms with Gasteiger partial charge in [0.25, 0.3) is 5.91 Å². The second-order valence-corrected chi connectivity index (χ2v) is 9.26. The smallest absolute Gasteiger partial charge is 0.337 e. The van der Waals surface area contributed by atoms with Crippen molar-refractivity contribution in [3.8, 4) is 0 Å². The van der Waals surface area contributed by atoms with E-state index in [-0.39, 0.29) is 18.0 Å². The summed E-state index contributed by atoms with van der Waals surface area (Å²) in [5.74, 6) is -0.818. The minimum Gasteiger partial charge on any atom is -0.465 e. The van der Waals surface area contributed by atoms with E-state index < -0.39 is 11.6 Å². The van der Waals surface area contributed by atoms with Crippen molar-refractivity contribution in [2.24, 2.45) is 0 Å². The molecule has 1 unspecified atom stereocenters. The summed E-state index contributed by atoms with van der Waals surface area (Å²) >= 11 is 0. The first kappa shape index (κ1) is 24.3. The Kier molecular flexibility index (Phi) is 7.41. The predicted octanol–water partition coefficient (Wildman–Crippen LogP) is 5.08. The molecule has 1 atom stereocenters. The van der Waals surface area contributed by atoms with Gasteiger partial charge in [-0.15, -0.1) is 0 Å². The van der Waals surface area contributed by atoms with Crippen molar-refractivity contribution >= 4 is 29.2 Å². The lowest BCUT2D eigenvalue weighted by Gasteiger charge is -2.38. The Morgan fingerprint density at radius 1 is 1.06 bits per heavy atom. The highest BCUT2D eigenvalue weighted by Crippen LogP contribution is 2.32. The topological polar surface area (TPSA) is 84.9 Å². The first-order chi connectivity index (χ1) is 15.6. The third-order valence-corrected chi connectivity index (χ3v) is 5.36. The van der Waals surface area contributed by atoms with Crippen LogP contribution in [0.2, 0.25) is 0 Å². The standard InChI is InChI=1S/C26H32N2O5/c1-17-10-13-19(14-11-17)28-22(8-6-7-9-23(29)33-26(2,3)4)27-21-16-18(25(31)32-5)12-15-20(21)24(28)30/h10-16,22,27H,6-9H2,1-5H3. The van der Waals surface area contributed by atoms with Crippen molar-refractivity contribution in [2.45, 2.75) is 65.1 Å². The fraction of sp³-hybridized carbons (Fsp3) is 0.423. The van der Waals surface area contributed by atoms with Gasteiger partial charge in [-0.2, -0.15) is 0 Å². The molecule has 0 radical (unpaired) electrons. The van der Waals surface area contributed by atoms with E-state index in [4.69, 9.17) is 9.47 Å². The van der Waals surface area contributed by atoms with Crippen LogP contribution >= 0.6 is 0 Å². The van der Waals surface area contributed by atoms with Gasteiger partial charge in [-0.3, -0.25) is 14.5 Å². The Morgan fingerprint density at radius 3 is 2.39 bits per heavy atom. The number of fused-ring (bicyclic) bond motifs is 1. The van der Waals surface area contributed by atoms with Crippen molar-refractivity contribution in [1.29, 1.82) is 0 Å². The summed E-state index contributed by atoms with van der Waals surface area (Å²) in [7, 11) is 1.33. The van der Waals surface area contributed by atoms with Gasteiger partial charge >= 0.3 is 11.9 Å². The average molecular weight is 453 g/mol. The maximum absolute atomic E-state index is 13.5. The third-order valence-electron chi connectivity index (χ3n) is 5.36. The van der Waals surface area contributed by atoms with Crippen LogP contribution in [-0.2, 0) is 14.3 Å². The molecule has 0 saturated carbocycles.